The molecule has 0 radical (unpaired) electrons. The van der Waals surface area contributed by atoms with E-state index in [1.807, 2.05) is 30.7 Å². The second kappa shape index (κ2) is 5.63. The lowest BCUT2D eigenvalue weighted by atomic mass is 10.1. The molecule has 0 aliphatic heterocycles. The average molecular weight is 310 g/mol. The first kappa shape index (κ1) is 13.2. The van der Waals surface area contributed by atoms with E-state index >= 15 is 0 Å². The number of rotatable bonds is 4. The number of aromatic nitrogens is 3. The summed E-state index contributed by atoms with van der Waals surface area (Å²) in [5, 5.41) is 14.6. The van der Waals surface area contributed by atoms with Gasteiger partial charge in [0.1, 0.15) is 6.10 Å². The molecular weight excluding hydrogens is 294 g/mol. The lowest BCUT2D eigenvalue weighted by Gasteiger charge is -2.16. The van der Waals surface area contributed by atoms with Gasteiger partial charge in [-0.05, 0) is 47.5 Å². The molecule has 2 rings (SSSR count). The molecule has 0 aliphatic carbocycles. The van der Waals surface area contributed by atoms with Crippen molar-refractivity contribution in [3.8, 4) is 0 Å². The molecule has 0 aromatic carbocycles. The highest BCUT2D eigenvalue weighted by molar-refractivity contribution is 9.10. The number of nitrogens with zero attached hydrogens (tertiary/aromatic N) is 3. The van der Waals surface area contributed by atoms with Gasteiger partial charge in [-0.2, -0.15) is 5.10 Å². The molecule has 0 aliphatic rings. The number of hydrogen-bond acceptors (Lipinski definition) is 3. The van der Waals surface area contributed by atoms with Crippen molar-refractivity contribution < 1.29 is 5.11 Å². The average Bonchev–Trinajstić information content (AvgIpc) is 2.72. The molecule has 1 N–H and O–H groups in total. The molecule has 0 bridgehead atoms. The topological polar surface area (TPSA) is 50.9 Å². The van der Waals surface area contributed by atoms with Crippen LogP contribution in [0.4, 0.5) is 0 Å². The molecule has 2 aromatic heterocycles. The Morgan fingerprint density at radius 1 is 1.33 bits per heavy atom. The summed E-state index contributed by atoms with van der Waals surface area (Å²) in [7, 11) is 0. The lowest BCUT2D eigenvalue weighted by Crippen LogP contribution is -2.13. The highest BCUT2D eigenvalue weighted by Crippen LogP contribution is 2.27. The zero-order chi connectivity index (χ0) is 13.1. The molecule has 1 atom stereocenters. The van der Waals surface area contributed by atoms with E-state index in [1.165, 1.54) is 0 Å². The van der Waals surface area contributed by atoms with E-state index < -0.39 is 6.10 Å². The van der Waals surface area contributed by atoms with Gasteiger partial charge in [0.15, 0.2) is 0 Å². The van der Waals surface area contributed by atoms with E-state index in [1.54, 1.807) is 18.6 Å². The van der Waals surface area contributed by atoms with Crippen molar-refractivity contribution in [2.24, 2.45) is 0 Å². The molecule has 0 spiro atoms. The van der Waals surface area contributed by atoms with E-state index in [0.717, 1.165) is 15.7 Å². The maximum atomic E-state index is 10.4. The standard InChI is InChI=1S/C13H16BrN3O/c1-9(2)17-13(11(14)8-16-17)12(18)7-10-3-5-15-6-4-10/h3-6,8-9,12,18H,7H2,1-2H3. The van der Waals surface area contributed by atoms with Gasteiger partial charge in [-0.25, -0.2) is 0 Å². The highest BCUT2D eigenvalue weighted by atomic mass is 79.9. The van der Waals surface area contributed by atoms with Gasteiger partial charge in [0.2, 0.25) is 0 Å². The Morgan fingerprint density at radius 3 is 2.61 bits per heavy atom. The molecule has 0 fully saturated rings. The van der Waals surface area contributed by atoms with E-state index in [4.69, 9.17) is 0 Å². The molecule has 0 saturated carbocycles. The predicted octanol–water partition coefficient (Wildman–Crippen LogP) is 2.90. The van der Waals surface area contributed by atoms with Gasteiger partial charge in [0.05, 0.1) is 16.4 Å². The minimum Gasteiger partial charge on any atom is -0.386 e. The summed E-state index contributed by atoms with van der Waals surface area (Å²) in [6, 6.07) is 4.04. The van der Waals surface area contributed by atoms with Crippen molar-refractivity contribution in [2.75, 3.05) is 0 Å². The number of aliphatic hydroxyl groups excluding tert-OH is 1. The van der Waals surface area contributed by atoms with Gasteiger partial charge < -0.3 is 5.11 Å². The van der Waals surface area contributed by atoms with Crippen molar-refractivity contribution in [1.29, 1.82) is 0 Å². The first-order valence-corrected chi connectivity index (χ1v) is 6.68. The first-order chi connectivity index (χ1) is 8.59. The second-order valence-corrected chi connectivity index (χ2v) is 5.35. The Kier molecular flexibility index (Phi) is 4.14. The van der Waals surface area contributed by atoms with Crippen LogP contribution < -0.4 is 0 Å². The summed E-state index contributed by atoms with van der Waals surface area (Å²) in [6.45, 7) is 4.09. The molecule has 5 heteroatoms. The maximum absolute atomic E-state index is 10.4. The van der Waals surface area contributed by atoms with Gasteiger partial charge in [-0.15, -0.1) is 0 Å². The Morgan fingerprint density at radius 2 is 2.00 bits per heavy atom. The van der Waals surface area contributed by atoms with Gasteiger partial charge in [0, 0.05) is 24.9 Å². The highest BCUT2D eigenvalue weighted by Gasteiger charge is 2.19. The van der Waals surface area contributed by atoms with Crippen molar-refractivity contribution in [2.45, 2.75) is 32.4 Å². The third-order valence-corrected chi connectivity index (χ3v) is 3.38. The normalized spacial score (nSPS) is 12.9. The lowest BCUT2D eigenvalue weighted by molar-refractivity contribution is 0.164. The molecule has 18 heavy (non-hydrogen) atoms. The molecule has 4 nitrogen and oxygen atoms in total. The van der Waals surface area contributed by atoms with Crippen molar-refractivity contribution in [3.63, 3.8) is 0 Å². The quantitative estimate of drug-likeness (QED) is 0.944. The molecule has 0 amide bonds. The third kappa shape index (κ3) is 2.79. The molecule has 2 heterocycles. The van der Waals surface area contributed by atoms with Gasteiger partial charge in [-0.1, -0.05) is 0 Å². The Labute approximate surface area is 115 Å². The van der Waals surface area contributed by atoms with E-state index in [9.17, 15) is 5.11 Å². The van der Waals surface area contributed by atoms with Crippen molar-refractivity contribution >= 4 is 15.9 Å². The summed E-state index contributed by atoms with van der Waals surface area (Å²) in [6.07, 6.45) is 5.17. The second-order valence-electron chi connectivity index (χ2n) is 4.49. The number of hydrogen-bond donors (Lipinski definition) is 1. The zero-order valence-electron chi connectivity index (χ0n) is 10.4. The zero-order valence-corrected chi connectivity index (χ0v) is 12.0. The van der Waals surface area contributed by atoms with Gasteiger partial charge in [-0.3, -0.25) is 9.67 Å². The van der Waals surface area contributed by atoms with Crippen molar-refractivity contribution in [1.82, 2.24) is 14.8 Å². The molecular formula is C13H16BrN3O. The van der Waals surface area contributed by atoms with Crippen LogP contribution in [-0.4, -0.2) is 19.9 Å². The first-order valence-electron chi connectivity index (χ1n) is 5.89. The maximum Gasteiger partial charge on any atom is 0.101 e. The third-order valence-electron chi connectivity index (χ3n) is 2.77. The van der Waals surface area contributed by atoms with Crippen LogP contribution in [0.1, 0.15) is 37.3 Å². The number of pyridine rings is 1. The minimum atomic E-state index is -0.577. The predicted molar refractivity (Wildman–Crippen MR) is 73.2 cm³/mol. The van der Waals surface area contributed by atoms with Crippen LogP contribution >= 0.6 is 15.9 Å². The molecule has 0 saturated heterocycles. The fourth-order valence-electron chi connectivity index (χ4n) is 1.91. The fourth-order valence-corrected chi connectivity index (χ4v) is 2.45. The Bertz CT molecular complexity index is 510. The summed E-state index contributed by atoms with van der Waals surface area (Å²) < 4.78 is 2.69. The molecule has 96 valence electrons. The monoisotopic (exact) mass is 309 g/mol. The fraction of sp³-hybridized carbons (Fsp3) is 0.385. The summed E-state index contributed by atoms with van der Waals surface area (Å²) in [5.41, 5.74) is 1.88. The van der Waals surface area contributed by atoms with E-state index in [0.29, 0.717) is 6.42 Å². The molecule has 1 unspecified atom stereocenters. The Balaban J connectivity index is 2.23. The van der Waals surface area contributed by atoms with Gasteiger partial charge in [0.25, 0.3) is 0 Å². The largest absolute Gasteiger partial charge is 0.386 e. The molecule has 2 aromatic rings. The van der Waals surface area contributed by atoms with Crippen molar-refractivity contribution in [3.05, 3.63) is 46.5 Å². The Hall–Kier alpha value is -1.20. The van der Waals surface area contributed by atoms with Crippen LogP contribution in [0.5, 0.6) is 0 Å². The van der Waals surface area contributed by atoms with E-state index in [2.05, 4.69) is 26.0 Å². The summed E-state index contributed by atoms with van der Waals surface area (Å²) >= 11 is 3.44. The summed E-state index contributed by atoms with van der Waals surface area (Å²) in [4.78, 5) is 3.97. The van der Waals surface area contributed by atoms with Crippen LogP contribution in [0.25, 0.3) is 0 Å². The van der Waals surface area contributed by atoms with Crippen LogP contribution in [0, 0.1) is 0 Å². The van der Waals surface area contributed by atoms with Crippen LogP contribution in [0.15, 0.2) is 35.2 Å². The smallest absolute Gasteiger partial charge is 0.101 e. The summed E-state index contributed by atoms with van der Waals surface area (Å²) in [5.74, 6) is 0. The van der Waals surface area contributed by atoms with E-state index in [-0.39, 0.29) is 6.04 Å². The van der Waals surface area contributed by atoms with Crippen LogP contribution in [0.2, 0.25) is 0 Å². The van der Waals surface area contributed by atoms with Gasteiger partial charge >= 0.3 is 0 Å². The van der Waals surface area contributed by atoms with Crippen LogP contribution in [-0.2, 0) is 6.42 Å². The number of halogens is 1. The number of aliphatic hydroxyl groups is 1. The minimum absolute atomic E-state index is 0.221. The van der Waals surface area contributed by atoms with Crippen LogP contribution in [0.3, 0.4) is 0 Å². The SMILES string of the molecule is CC(C)n1ncc(Br)c1C(O)Cc1ccncc1.